The molecule has 1 heterocycles. The van der Waals surface area contributed by atoms with E-state index in [1.165, 1.54) is 102 Å². The minimum atomic E-state index is 0.0932. The van der Waals surface area contributed by atoms with E-state index in [1.807, 2.05) is 0 Å². The van der Waals surface area contributed by atoms with Gasteiger partial charge in [0.1, 0.15) is 0 Å². The fourth-order valence-electron chi connectivity index (χ4n) is 8.33. The Labute approximate surface area is 301 Å². The smallest absolute Gasteiger partial charge is 0.0531 e. The number of allylic oxidation sites excluding steroid dienone is 2. The Balaban J connectivity index is 1.37. The van der Waals surface area contributed by atoms with E-state index in [2.05, 4.69) is 189 Å². The SMILES string of the molecule is CC(C)(C)c1ccc(-c2c3ccccc3c(-c3ccc4ccccc4c3)c3cc(-n4c(-c5ccccc5)ccc4C4C=CCCC4)ccc23)cc1. The molecule has 1 aromatic heterocycles. The predicted molar refractivity (Wildman–Crippen MR) is 219 cm³/mol. The first kappa shape index (κ1) is 31.3. The lowest BCUT2D eigenvalue weighted by molar-refractivity contribution is 0.590. The van der Waals surface area contributed by atoms with Crippen molar-refractivity contribution in [1.82, 2.24) is 4.57 Å². The molecule has 1 atom stereocenters. The highest BCUT2D eigenvalue weighted by Gasteiger charge is 2.23. The predicted octanol–water partition coefficient (Wildman–Crippen LogP) is 14.1. The molecule has 51 heavy (non-hydrogen) atoms. The number of nitrogens with zero attached hydrogens (tertiary/aromatic N) is 1. The topological polar surface area (TPSA) is 4.93 Å². The Bertz CT molecular complexity index is 2570. The fraction of sp³-hybridized carbons (Fsp3) is 0.160. The quantitative estimate of drug-likeness (QED) is 0.128. The van der Waals surface area contributed by atoms with Crippen LogP contribution in [0.1, 0.15) is 57.2 Å². The summed E-state index contributed by atoms with van der Waals surface area (Å²) in [5.41, 5.74) is 11.5. The second-order valence-electron chi connectivity index (χ2n) is 15.2. The molecule has 1 aliphatic carbocycles. The van der Waals surface area contributed by atoms with Crippen LogP contribution in [0.15, 0.2) is 164 Å². The molecule has 0 saturated heterocycles. The molecule has 7 aromatic carbocycles. The van der Waals surface area contributed by atoms with Gasteiger partial charge in [-0.25, -0.2) is 0 Å². The average molecular weight is 658 g/mol. The van der Waals surface area contributed by atoms with Gasteiger partial charge in [0.25, 0.3) is 0 Å². The van der Waals surface area contributed by atoms with Crippen LogP contribution < -0.4 is 0 Å². The van der Waals surface area contributed by atoms with Crippen LogP contribution in [0, 0.1) is 0 Å². The minimum Gasteiger partial charge on any atom is -0.313 e. The van der Waals surface area contributed by atoms with Crippen molar-refractivity contribution < 1.29 is 0 Å². The molecule has 1 aliphatic rings. The molecule has 1 unspecified atom stereocenters. The minimum absolute atomic E-state index is 0.0932. The third kappa shape index (κ3) is 5.58. The number of fused-ring (bicyclic) bond motifs is 3. The van der Waals surface area contributed by atoms with E-state index < -0.39 is 0 Å². The lowest BCUT2D eigenvalue weighted by atomic mass is 9.83. The van der Waals surface area contributed by atoms with E-state index in [9.17, 15) is 0 Å². The zero-order valence-corrected chi connectivity index (χ0v) is 29.7. The van der Waals surface area contributed by atoms with Crippen molar-refractivity contribution in [3.05, 3.63) is 175 Å². The van der Waals surface area contributed by atoms with Crippen molar-refractivity contribution >= 4 is 32.3 Å². The molecule has 8 aromatic rings. The van der Waals surface area contributed by atoms with Crippen LogP contribution in [0.2, 0.25) is 0 Å². The van der Waals surface area contributed by atoms with Gasteiger partial charge in [-0.1, -0.05) is 154 Å². The van der Waals surface area contributed by atoms with Crippen molar-refractivity contribution in [2.75, 3.05) is 0 Å². The molecule has 0 saturated carbocycles. The second-order valence-corrected chi connectivity index (χ2v) is 15.2. The Hall–Kier alpha value is -5.66. The van der Waals surface area contributed by atoms with E-state index in [4.69, 9.17) is 0 Å². The van der Waals surface area contributed by atoms with Gasteiger partial charge in [0.15, 0.2) is 0 Å². The van der Waals surface area contributed by atoms with Crippen LogP contribution >= 0.6 is 0 Å². The molecule has 0 aliphatic heterocycles. The highest BCUT2D eigenvalue weighted by atomic mass is 15.0. The Morgan fingerprint density at radius 2 is 1.20 bits per heavy atom. The summed E-state index contributed by atoms with van der Waals surface area (Å²) in [5, 5.41) is 7.62. The van der Waals surface area contributed by atoms with Crippen molar-refractivity contribution in [3.63, 3.8) is 0 Å². The molecule has 0 spiro atoms. The van der Waals surface area contributed by atoms with Gasteiger partial charge in [-0.3, -0.25) is 0 Å². The van der Waals surface area contributed by atoms with Gasteiger partial charge >= 0.3 is 0 Å². The summed E-state index contributed by atoms with van der Waals surface area (Å²) in [6.45, 7) is 6.86. The summed E-state index contributed by atoms with van der Waals surface area (Å²) >= 11 is 0. The molecule has 0 fully saturated rings. The van der Waals surface area contributed by atoms with E-state index in [1.54, 1.807) is 0 Å². The summed E-state index contributed by atoms with van der Waals surface area (Å²) in [6, 6.07) is 56.8. The maximum Gasteiger partial charge on any atom is 0.0531 e. The molecule has 1 nitrogen and oxygen atoms in total. The van der Waals surface area contributed by atoms with Crippen LogP contribution in [-0.4, -0.2) is 4.57 Å². The molecule has 0 amide bonds. The van der Waals surface area contributed by atoms with Gasteiger partial charge in [0.2, 0.25) is 0 Å². The van der Waals surface area contributed by atoms with Gasteiger partial charge in [-0.05, 0) is 121 Å². The largest absolute Gasteiger partial charge is 0.313 e. The average Bonchev–Trinajstić information content (AvgIpc) is 3.62. The van der Waals surface area contributed by atoms with E-state index >= 15 is 0 Å². The molecule has 248 valence electrons. The molecular formula is C50H43N. The highest BCUT2D eigenvalue weighted by Crippen LogP contribution is 2.46. The van der Waals surface area contributed by atoms with Gasteiger partial charge in [-0.2, -0.15) is 0 Å². The zero-order valence-electron chi connectivity index (χ0n) is 29.7. The summed E-state index contributed by atoms with van der Waals surface area (Å²) < 4.78 is 2.53. The van der Waals surface area contributed by atoms with Gasteiger partial charge in [0, 0.05) is 17.3 Å². The summed E-state index contributed by atoms with van der Waals surface area (Å²) in [6.07, 6.45) is 8.36. The van der Waals surface area contributed by atoms with Crippen LogP contribution in [0.4, 0.5) is 0 Å². The molecule has 9 rings (SSSR count). The summed E-state index contributed by atoms with van der Waals surface area (Å²) in [7, 11) is 0. The highest BCUT2D eigenvalue weighted by molar-refractivity contribution is 6.22. The molecule has 0 radical (unpaired) electrons. The molecule has 0 bridgehead atoms. The number of hydrogen-bond donors (Lipinski definition) is 0. The normalized spacial score (nSPS) is 14.8. The van der Waals surface area contributed by atoms with Crippen LogP contribution in [-0.2, 0) is 5.41 Å². The summed E-state index contributed by atoms with van der Waals surface area (Å²) in [4.78, 5) is 0. The number of rotatable bonds is 5. The van der Waals surface area contributed by atoms with Crippen LogP contribution in [0.5, 0.6) is 0 Å². The number of benzene rings is 7. The fourth-order valence-corrected chi connectivity index (χ4v) is 8.33. The standard InChI is InChI=1S/C50H43N/c1-50(2,3)40-26-24-37(25-27-40)48-42-20-12-13-21-43(42)49(39-23-22-34-14-10-11-19-38(34)32-39)45-33-41(28-29-44(45)48)51-46(35-15-6-4-7-16-35)30-31-47(51)36-17-8-5-9-18-36/h4,6-8,10-17,19-33,36H,5,9,18H2,1-3H3. The lowest BCUT2D eigenvalue weighted by Crippen LogP contribution is -2.10. The van der Waals surface area contributed by atoms with Crippen LogP contribution in [0.3, 0.4) is 0 Å². The van der Waals surface area contributed by atoms with Crippen molar-refractivity contribution in [2.45, 2.75) is 51.4 Å². The Kier molecular flexibility index (Phi) is 7.73. The maximum absolute atomic E-state index is 2.53. The van der Waals surface area contributed by atoms with E-state index in [-0.39, 0.29) is 5.41 Å². The molecule has 1 heteroatoms. The van der Waals surface area contributed by atoms with Gasteiger partial charge in [-0.15, -0.1) is 0 Å². The Morgan fingerprint density at radius 3 is 1.92 bits per heavy atom. The number of aromatic nitrogens is 1. The molecular weight excluding hydrogens is 615 g/mol. The van der Waals surface area contributed by atoms with Gasteiger partial charge in [0.05, 0.1) is 5.69 Å². The zero-order chi connectivity index (χ0) is 34.5. The lowest BCUT2D eigenvalue weighted by Gasteiger charge is -2.23. The first-order valence-corrected chi connectivity index (χ1v) is 18.5. The third-order valence-electron chi connectivity index (χ3n) is 11.0. The summed E-state index contributed by atoms with van der Waals surface area (Å²) in [5.74, 6) is 0.389. The third-order valence-corrected chi connectivity index (χ3v) is 11.0. The van der Waals surface area contributed by atoms with Crippen LogP contribution in [0.25, 0.3) is 71.5 Å². The second kappa shape index (κ2) is 12.6. The van der Waals surface area contributed by atoms with E-state index in [0.717, 1.165) is 0 Å². The first-order chi connectivity index (χ1) is 24.9. The molecule has 0 N–H and O–H groups in total. The Morgan fingerprint density at radius 1 is 0.529 bits per heavy atom. The van der Waals surface area contributed by atoms with Crippen molar-refractivity contribution in [2.24, 2.45) is 0 Å². The monoisotopic (exact) mass is 657 g/mol. The maximum atomic E-state index is 2.53. The van der Waals surface area contributed by atoms with Crippen molar-refractivity contribution in [3.8, 4) is 39.2 Å². The van der Waals surface area contributed by atoms with Gasteiger partial charge < -0.3 is 4.57 Å². The van der Waals surface area contributed by atoms with E-state index in [0.29, 0.717) is 5.92 Å². The number of hydrogen-bond acceptors (Lipinski definition) is 0. The van der Waals surface area contributed by atoms with Crippen molar-refractivity contribution in [1.29, 1.82) is 0 Å². The first-order valence-electron chi connectivity index (χ1n) is 18.5.